The zero-order chi connectivity index (χ0) is 20.0. The predicted octanol–water partition coefficient (Wildman–Crippen LogP) is 5.47. The summed E-state index contributed by atoms with van der Waals surface area (Å²) in [7, 11) is 1.32. The summed E-state index contributed by atoms with van der Waals surface area (Å²) < 4.78 is 8.33. The molecule has 2 aromatic carbocycles. The third kappa shape index (κ3) is 6.36. The number of ether oxygens (including phenoxy) is 2. The van der Waals surface area contributed by atoms with Crippen molar-refractivity contribution in [2.45, 2.75) is 10.0 Å². The Labute approximate surface area is 175 Å². The first-order valence-corrected chi connectivity index (χ1v) is 8.95. The van der Waals surface area contributed by atoms with Crippen molar-refractivity contribution in [2.24, 2.45) is 0 Å². The van der Waals surface area contributed by atoms with Crippen LogP contribution in [0.3, 0.4) is 0 Å². The first-order chi connectivity index (χ1) is 12.7. The van der Waals surface area contributed by atoms with Crippen LogP contribution in [-0.4, -0.2) is 34.5 Å². The number of alkyl halides is 3. The molecule has 10 heteroatoms. The third-order valence-corrected chi connectivity index (χ3v) is 4.10. The number of halogens is 4. The van der Waals surface area contributed by atoms with Crippen LogP contribution in [0.1, 0.15) is 0 Å². The maximum absolute atomic E-state index is 12.3. The van der Waals surface area contributed by atoms with E-state index in [1.807, 2.05) is 0 Å². The Morgan fingerprint density at radius 2 is 1.59 bits per heavy atom. The van der Waals surface area contributed by atoms with Crippen molar-refractivity contribution in [3.63, 3.8) is 0 Å². The lowest BCUT2D eigenvalue weighted by atomic mass is 10.3. The molecule has 144 valence electrons. The summed E-state index contributed by atoms with van der Waals surface area (Å²) in [5.74, 6) is 1.18. The number of benzene rings is 2. The number of carbonyl (C=O) groups excluding carboxylic acids is 2. The van der Waals surface area contributed by atoms with Gasteiger partial charge in [-0.3, -0.25) is 9.69 Å². The van der Waals surface area contributed by atoms with Crippen LogP contribution in [0.4, 0.5) is 10.5 Å². The minimum Gasteiger partial charge on any atom is -0.457 e. The van der Waals surface area contributed by atoms with E-state index in [0.717, 1.165) is 4.90 Å². The van der Waals surface area contributed by atoms with Crippen molar-refractivity contribution in [1.82, 2.24) is 4.90 Å². The molecule has 0 aromatic heterocycles. The summed E-state index contributed by atoms with van der Waals surface area (Å²) in [6.45, 7) is 0.0965. The smallest absolute Gasteiger partial charge is 0.324 e. The predicted molar refractivity (Wildman–Crippen MR) is 106 cm³/mol. The lowest BCUT2D eigenvalue weighted by Crippen LogP contribution is -2.48. The molecule has 0 heterocycles. The lowest BCUT2D eigenvalue weighted by Gasteiger charge is -2.31. The molecule has 2 amide bonds. The normalized spacial score (nSPS) is 12.0. The molecule has 2 aromatic rings. The first-order valence-electron chi connectivity index (χ1n) is 7.44. The van der Waals surface area contributed by atoms with E-state index in [1.165, 1.54) is 7.05 Å². The average Bonchev–Trinajstić information content (AvgIpc) is 2.61. The number of nitrogens with zero attached hydrogens (tertiary/aromatic N) is 1. The van der Waals surface area contributed by atoms with E-state index >= 15 is 0 Å². The Morgan fingerprint density at radius 3 is 2.07 bits per heavy atom. The van der Waals surface area contributed by atoms with E-state index in [-0.39, 0.29) is 6.47 Å². The maximum atomic E-state index is 12.3. The minimum absolute atomic E-state index is 0.0965. The van der Waals surface area contributed by atoms with Crippen molar-refractivity contribution in [1.29, 1.82) is 0 Å². The lowest BCUT2D eigenvalue weighted by molar-refractivity contribution is -0.139. The van der Waals surface area contributed by atoms with Crippen LogP contribution in [0.5, 0.6) is 11.5 Å². The van der Waals surface area contributed by atoms with E-state index in [4.69, 9.17) is 51.1 Å². The van der Waals surface area contributed by atoms with Crippen molar-refractivity contribution < 1.29 is 19.1 Å². The molecule has 2 rings (SSSR count). The Balaban J connectivity index is 2.01. The van der Waals surface area contributed by atoms with Crippen LogP contribution in [0, 0.1) is 0 Å². The number of urea groups is 1. The number of rotatable bonds is 6. The average molecular weight is 452 g/mol. The van der Waals surface area contributed by atoms with Gasteiger partial charge in [-0.1, -0.05) is 46.4 Å². The van der Waals surface area contributed by atoms with Gasteiger partial charge in [0.05, 0.1) is 0 Å². The summed E-state index contributed by atoms with van der Waals surface area (Å²) in [6.07, 6.45) is -1.40. The zero-order valence-corrected chi connectivity index (χ0v) is 16.9. The fourth-order valence-electron chi connectivity index (χ4n) is 2.00. The molecule has 0 radical (unpaired) electrons. The van der Waals surface area contributed by atoms with E-state index in [1.54, 1.807) is 48.5 Å². The quantitative estimate of drug-likeness (QED) is 0.359. The minimum atomic E-state index is -2.01. The summed E-state index contributed by atoms with van der Waals surface area (Å²) in [5, 5.41) is 3.20. The topological polar surface area (TPSA) is 67.9 Å². The summed E-state index contributed by atoms with van der Waals surface area (Å²) in [4.78, 5) is 23.8. The molecule has 27 heavy (non-hydrogen) atoms. The number of carbonyl (C=O) groups is 2. The van der Waals surface area contributed by atoms with E-state index < -0.39 is 16.1 Å². The Bertz CT molecular complexity index is 779. The van der Waals surface area contributed by atoms with E-state index in [0.29, 0.717) is 22.2 Å². The van der Waals surface area contributed by atoms with Gasteiger partial charge in [0.2, 0.25) is 10.0 Å². The molecule has 1 N–H and O–H groups in total. The van der Waals surface area contributed by atoms with E-state index in [9.17, 15) is 9.59 Å². The van der Waals surface area contributed by atoms with Gasteiger partial charge in [0.1, 0.15) is 11.5 Å². The monoisotopic (exact) mass is 450 g/mol. The Kier molecular flexibility index (Phi) is 7.44. The molecule has 0 saturated heterocycles. The van der Waals surface area contributed by atoms with Crippen molar-refractivity contribution in [3.8, 4) is 11.5 Å². The fraction of sp³-hybridized carbons (Fsp3) is 0.176. The standard InChI is InChI=1S/C17H14Cl4N2O4/c1-23(15(26-10-24)17(19,20)21)16(25)22-12-4-8-14(9-5-12)27-13-6-2-11(18)3-7-13/h2-10,15H,1H3,(H,22,25). The molecular weight excluding hydrogens is 438 g/mol. The summed E-state index contributed by atoms with van der Waals surface area (Å²) in [6, 6.07) is 12.8. The van der Waals surface area contributed by atoms with Crippen LogP contribution in [0.15, 0.2) is 48.5 Å². The van der Waals surface area contributed by atoms with Gasteiger partial charge in [0, 0.05) is 17.8 Å². The Morgan fingerprint density at radius 1 is 1.07 bits per heavy atom. The van der Waals surface area contributed by atoms with Gasteiger partial charge in [0.25, 0.3) is 6.47 Å². The fourth-order valence-corrected chi connectivity index (χ4v) is 2.72. The SMILES string of the molecule is CN(C(=O)Nc1ccc(Oc2ccc(Cl)cc2)cc1)C(OC=O)C(Cl)(Cl)Cl. The zero-order valence-electron chi connectivity index (χ0n) is 13.9. The number of amides is 2. The van der Waals surface area contributed by atoms with Crippen molar-refractivity contribution in [2.75, 3.05) is 12.4 Å². The second-order valence-electron chi connectivity index (χ2n) is 5.25. The van der Waals surface area contributed by atoms with Crippen LogP contribution >= 0.6 is 46.4 Å². The Hall–Kier alpha value is -1.86. The van der Waals surface area contributed by atoms with Gasteiger partial charge in [0.15, 0.2) is 0 Å². The molecule has 0 aliphatic rings. The number of hydrogen-bond acceptors (Lipinski definition) is 4. The van der Waals surface area contributed by atoms with Crippen LogP contribution in [0.25, 0.3) is 0 Å². The second-order valence-corrected chi connectivity index (χ2v) is 8.05. The van der Waals surface area contributed by atoms with Gasteiger partial charge in [-0.2, -0.15) is 0 Å². The van der Waals surface area contributed by atoms with Crippen molar-refractivity contribution in [3.05, 3.63) is 53.6 Å². The summed E-state index contributed by atoms with van der Waals surface area (Å²) in [5.41, 5.74) is 0.462. The summed E-state index contributed by atoms with van der Waals surface area (Å²) >= 11 is 23.0. The highest BCUT2D eigenvalue weighted by atomic mass is 35.6. The molecule has 0 aliphatic carbocycles. The number of hydrogen-bond donors (Lipinski definition) is 1. The molecule has 1 unspecified atom stereocenters. The second kappa shape index (κ2) is 9.37. The molecular formula is C17H14Cl4N2O4. The molecule has 0 saturated carbocycles. The highest BCUT2D eigenvalue weighted by molar-refractivity contribution is 6.68. The molecule has 0 bridgehead atoms. The molecule has 6 nitrogen and oxygen atoms in total. The van der Waals surface area contributed by atoms with Crippen LogP contribution in [-0.2, 0) is 9.53 Å². The largest absolute Gasteiger partial charge is 0.457 e. The van der Waals surface area contributed by atoms with Gasteiger partial charge >= 0.3 is 6.03 Å². The number of anilines is 1. The third-order valence-electron chi connectivity index (χ3n) is 3.29. The van der Waals surface area contributed by atoms with Gasteiger partial charge in [-0.15, -0.1) is 0 Å². The van der Waals surface area contributed by atoms with Crippen LogP contribution in [0.2, 0.25) is 5.02 Å². The highest BCUT2D eigenvalue weighted by Crippen LogP contribution is 2.33. The highest BCUT2D eigenvalue weighted by Gasteiger charge is 2.40. The van der Waals surface area contributed by atoms with E-state index in [2.05, 4.69) is 10.1 Å². The van der Waals surface area contributed by atoms with Gasteiger partial charge in [-0.05, 0) is 48.5 Å². The molecule has 0 fully saturated rings. The van der Waals surface area contributed by atoms with Gasteiger partial charge < -0.3 is 14.8 Å². The maximum Gasteiger partial charge on any atom is 0.324 e. The van der Waals surface area contributed by atoms with Crippen LogP contribution < -0.4 is 10.1 Å². The molecule has 1 atom stereocenters. The molecule has 0 aliphatic heterocycles. The van der Waals surface area contributed by atoms with Crippen molar-refractivity contribution >= 4 is 64.6 Å². The first kappa shape index (κ1) is 21.4. The van der Waals surface area contributed by atoms with Gasteiger partial charge in [-0.25, -0.2) is 4.79 Å². The molecule has 0 spiro atoms. The number of nitrogens with one attached hydrogen (secondary N) is 1.